The molecule has 0 unspecified atom stereocenters. The van der Waals surface area contributed by atoms with E-state index in [0.717, 1.165) is 44.1 Å². The molecule has 0 atom stereocenters. The lowest BCUT2D eigenvalue weighted by Crippen LogP contribution is -2.52. The summed E-state index contributed by atoms with van der Waals surface area (Å²) in [7, 11) is 0.983. The van der Waals surface area contributed by atoms with Crippen LogP contribution in [0, 0.1) is 0 Å². The predicted octanol–water partition coefficient (Wildman–Crippen LogP) is 2.19. The smallest absolute Gasteiger partial charge is 0.198 e. The fourth-order valence-electron chi connectivity index (χ4n) is 3.07. The van der Waals surface area contributed by atoms with Gasteiger partial charge in [-0.15, -0.1) is 0 Å². The average Bonchev–Trinajstić information content (AvgIpc) is 2.61. The quantitative estimate of drug-likeness (QED) is 0.666. The first-order chi connectivity index (χ1) is 12.4. The van der Waals surface area contributed by atoms with Gasteiger partial charge in [-0.2, -0.15) is 0 Å². The Morgan fingerprint density at radius 2 is 2.00 bits per heavy atom. The van der Waals surface area contributed by atoms with Crippen molar-refractivity contribution in [3.63, 3.8) is 0 Å². The highest BCUT2D eigenvalue weighted by Gasteiger charge is 2.29. The summed E-state index contributed by atoms with van der Waals surface area (Å²) in [5.41, 5.74) is 12.1. The van der Waals surface area contributed by atoms with Crippen LogP contribution in [0.15, 0.2) is 28.4 Å². The largest absolute Gasteiger partial charge is 0.382 e. The highest BCUT2D eigenvalue weighted by atomic mass is 35.5. The van der Waals surface area contributed by atoms with Gasteiger partial charge in [-0.05, 0) is 25.8 Å². The van der Waals surface area contributed by atoms with Crippen LogP contribution in [0.5, 0.6) is 0 Å². The number of nitrogens with zero attached hydrogens (tertiary/aromatic N) is 4. The van der Waals surface area contributed by atoms with Gasteiger partial charge in [0.15, 0.2) is 13.2 Å². The Balaban J connectivity index is 1.71. The summed E-state index contributed by atoms with van der Waals surface area (Å²) in [6.07, 6.45) is 5.50. The summed E-state index contributed by atoms with van der Waals surface area (Å²) in [5, 5.41) is 4.58. The molecule has 1 fully saturated rings. The molecule has 0 aromatic carbocycles. The Hall–Kier alpha value is -1.71. The van der Waals surface area contributed by atoms with Crippen LogP contribution in [-0.2, 0) is 0 Å². The molecule has 2 aromatic rings. The van der Waals surface area contributed by atoms with Crippen molar-refractivity contribution < 1.29 is 0 Å². The number of nitrogen functional groups attached to an aromatic ring is 2. The maximum absolute atomic E-state index is 6.19. The number of nitrogens with one attached hydrogen (secondary N) is 1. The van der Waals surface area contributed by atoms with Gasteiger partial charge in [-0.25, -0.2) is 15.0 Å². The van der Waals surface area contributed by atoms with Gasteiger partial charge in [0.05, 0.1) is 11.2 Å². The van der Waals surface area contributed by atoms with Gasteiger partial charge in [0.2, 0.25) is 0 Å². The van der Waals surface area contributed by atoms with Crippen molar-refractivity contribution in [3.8, 4) is 0 Å². The molecule has 26 heavy (non-hydrogen) atoms. The fourth-order valence-corrected chi connectivity index (χ4v) is 4.09. The fraction of sp³-hybridized carbons (Fsp3) is 0.438. The number of aromatic nitrogens is 3. The van der Waals surface area contributed by atoms with Crippen LogP contribution in [-0.4, -0.2) is 41.0 Å². The number of rotatable bonds is 5. The van der Waals surface area contributed by atoms with Gasteiger partial charge in [0.1, 0.15) is 16.7 Å². The van der Waals surface area contributed by atoms with Gasteiger partial charge in [0.25, 0.3) is 0 Å². The number of hydrogen-bond acceptors (Lipinski definition) is 8. The van der Waals surface area contributed by atoms with E-state index in [-0.39, 0.29) is 11.4 Å². The molecule has 0 aliphatic carbocycles. The Morgan fingerprint density at radius 3 is 2.65 bits per heavy atom. The third-order valence-corrected chi connectivity index (χ3v) is 6.21. The molecule has 2 aromatic heterocycles. The number of hydrogen-bond donors (Lipinski definition) is 3. The molecule has 0 bridgehead atoms. The van der Waals surface area contributed by atoms with Crippen molar-refractivity contribution in [2.45, 2.75) is 42.0 Å². The zero-order valence-corrected chi connectivity index (χ0v) is 16.6. The zero-order chi connectivity index (χ0) is 18.7. The maximum atomic E-state index is 6.19. The van der Waals surface area contributed by atoms with Crippen LogP contribution in [0.3, 0.4) is 0 Å². The van der Waals surface area contributed by atoms with Crippen LogP contribution < -0.4 is 21.6 Å². The maximum Gasteiger partial charge on any atom is 0.198 e. The molecule has 10 heteroatoms. The van der Waals surface area contributed by atoms with Gasteiger partial charge in [0, 0.05) is 29.7 Å². The minimum atomic E-state index is 0.193. The molecule has 7 nitrogen and oxygen atoms in total. The lowest BCUT2D eigenvalue weighted by atomic mass is 9.83. The first-order valence-electron chi connectivity index (χ1n) is 8.62. The Kier molecular flexibility index (Phi) is 5.79. The first kappa shape index (κ1) is 19.1. The lowest BCUT2D eigenvalue weighted by molar-refractivity contribution is 0.333. The van der Waals surface area contributed by atoms with Crippen molar-refractivity contribution in [2.75, 3.05) is 29.5 Å². The van der Waals surface area contributed by atoms with Gasteiger partial charge < -0.3 is 21.6 Å². The van der Waals surface area contributed by atoms with Crippen LogP contribution in [0.1, 0.15) is 19.8 Å². The minimum Gasteiger partial charge on any atom is -0.382 e. The number of halogens is 1. The molecule has 1 saturated heterocycles. The van der Waals surface area contributed by atoms with E-state index < -0.39 is 0 Å². The molecule has 0 radical (unpaired) electrons. The summed E-state index contributed by atoms with van der Waals surface area (Å²) in [4.78, 5) is 16.0. The van der Waals surface area contributed by atoms with Crippen LogP contribution in [0.25, 0.3) is 0 Å². The lowest BCUT2D eigenvalue weighted by Gasteiger charge is -2.40. The average molecular weight is 392 g/mol. The monoisotopic (exact) mass is 391 g/mol. The van der Waals surface area contributed by atoms with Crippen molar-refractivity contribution in [1.29, 1.82) is 0 Å². The molecule has 5 N–H and O–H groups in total. The number of piperidine rings is 1. The van der Waals surface area contributed by atoms with E-state index in [1.54, 1.807) is 18.5 Å². The topological polar surface area (TPSA) is 106 Å². The van der Waals surface area contributed by atoms with E-state index >= 15 is 0 Å². The predicted molar refractivity (Wildman–Crippen MR) is 110 cm³/mol. The van der Waals surface area contributed by atoms with Crippen LogP contribution in [0.2, 0.25) is 11.8 Å². The van der Waals surface area contributed by atoms with Crippen LogP contribution in [0.4, 0.5) is 17.5 Å². The van der Waals surface area contributed by atoms with E-state index in [2.05, 4.69) is 38.8 Å². The first-order valence-corrected chi connectivity index (χ1v) is 9.81. The Labute approximate surface area is 163 Å². The van der Waals surface area contributed by atoms with Gasteiger partial charge in [-0.3, -0.25) is 0 Å². The molecule has 0 saturated carbocycles. The second-order valence-corrected chi connectivity index (χ2v) is 8.02. The van der Waals surface area contributed by atoms with E-state index in [1.165, 1.54) is 11.8 Å². The molecule has 138 valence electrons. The normalized spacial score (nSPS) is 16.5. The standard InChI is InChI=1S/C16H23BClN7S/c1-16(24-17-2)4-7-25(8-5-16)11-9-22-15(14(20)23-11)26-10-3-6-21-13(19)12(10)18/h3,6,9,17,24H,4-5,7-8H2,1-2H3,(H2,19,21)(H2,20,23). The van der Waals surface area contributed by atoms with Gasteiger partial charge in [-0.1, -0.05) is 30.2 Å². The Morgan fingerprint density at radius 1 is 1.27 bits per heavy atom. The van der Waals surface area contributed by atoms with Gasteiger partial charge >= 0.3 is 0 Å². The minimum absolute atomic E-state index is 0.193. The summed E-state index contributed by atoms with van der Waals surface area (Å²) < 4.78 is 0. The zero-order valence-electron chi connectivity index (χ0n) is 15.0. The molecular formula is C16H23BClN7S. The molecule has 1 aliphatic heterocycles. The number of nitrogens with two attached hydrogens (primary N) is 2. The second kappa shape index (κ2) is 7.90. The molecular weight excluding hydrogens is 369 g/mol. The van der Waals surface area contributed by atoms with E-state index in [4.69, 9.17) is 23.1 Å². The third-order valence-electron chi connectivity index (χ3n) is 4.63. The number of pyridine rings is 1. The van der Waals surface area contributed by atoms with E-state index in [0.29, 0.717) is 15.9 Å². The molecule has 0 spiro atoms. The van der Waals surface area contributed by atoms with Crippen molar-refractivity contribution >= 4 is 48.2 Å². The third kappa shape index (κ3) is 4.16. The highest BCUT2D eigenvalue weighted by molar-refractivity contribution is 7.99. The summed E-state index contributed by atoms with van der Waals surface area (Å²) >= 11 is 7.53. The molecule has 1 aliphatic rings. The molecule has 0 amide bonds. The molecule has 3 rings (SSSR count). The van der Waals surface area contributed by atoms with Crippen LogP contribution >= 0.6 is 23.4 Å². The SMILES string of the molecule is CBNC1(C)CCN(c2cnc(Sc3ccnc(N)c3Cl)c(N)n2)CC1. The second-order valence-electron chi connectivity index (χ2n) is 6.61. The molecule has 3 heterocycles. The van der Waals surface area contributed by atoms with E-state index in [1.807, 2.05) is 0 Å². The van der Waals surface area contributed by atoms with Crippen molar-refractivity contribution in [3.05, 3.63) is 23.5 Å². The van der Waals surface area contributed by atoms with Crippen molar-refractivity contribution in [1.82, 2.24) is 20.2 Å². The number of anilines is 3. The summed E-state index contributed by atoms with van der Waals surface area (Å²) in [6.45, 7) is 6.27. The summed E-state index contributed by atoms with van der Waals surface area (Å²) in [6, 6.07) is 1.78. The van der Waals surface area contributed by atoms with Crippen molar-refractivity contribution in [2.24, 2.45) is 0 Å². The Bertz CT molecular complexity index is 783. The van der Waals surface area contributed by atoms with E-state index in [9.17, 15) is 0 Å². The summed E-state index contributed by atoms with van der Waals surface area (Å²) in [5.74, 6) is 1.49. The highest BCUT2D eigenvalue weighted by Crippen LogP contribution is 2.36.